The van der Waals surface area contributed by atoms with Crippen molar-refractivity contribution in [3.8, 4) is 0 Å². The molecule has 0 saturated heterocycles. The van der Waals surface area contributed by atoms with Gasteiger partial charge in [-0.3, -0.25) is 4.57 Å². The number of halogens is 3. The zero-order chi connectivity index (χ0) is 11.4. The molecule has 0 bridgehead atoms. The fraction of sp³-hybridized carbons (Fsp3) is 1.00. The summed E-state index contributed by atoms with van der Waals surface area (Å²) in [5.74, 6) is -2.59. The Kier molecular flexibility index (Phi) is 5.08. The predicted octanol–water partition coefficient (Wildman–Crippen LogP) is 2.10. The van der Waals surface area contributed by atoms with Gasteiger partial charge in [0.1, 0.15) is 0 Å². The molecule has 0 aliphatic rings. The minimum absolute atomic E-state index is 0.152. The molecule has 14 heavy (non-hydrogen) atoms. The quantitative estimate of drug-likeness (QED) is 0.741. The lowest BCUT2D eigenvalue weighted by molar-refractivity contribution is -0.134. The Morgan fingerprint density at radius 1 is 1.29 bits per heavy atom. The second-order valence-electron chi connectivity index (χ2n) is 2.36. The van der Waals surface area contributed by atoms with Gasteiger partial charge >= 0.3 is 13.8 Å². The monoisotopic (exact) mass is 235 g/mol. The van der Waals surface area contributed by atoms with E-state index >= 15 is 0 Å². The number of alkyl halides is 3. The maximum absolute atomic E-state index is 12.1. The molecule has 0 rings (SSSR count). The van der Waals surface area contributed by atoms with E-state index in [1.54, 1.807) is 0 Å². The van der Waals surface area contributed by atoms with Gasteiger partial charge in [-0.1, -0.05) is 0 Å². The minimum Gasteiger partial charge on any atom is -0.310 e. The fourth-order valence-electron chi connectivity index (χ4n) is 0.737. The molecule has 0 aromatic heterocycles. The minimum atomic E-state index is -4.79. The fourth-order valence-corrected chi connectivity index (χ4v) is 2.21. The lowest BCUT2D eigenvalue weighted by Crippen LogP contribution is -2.38. The summed E-state index contributed by atoms with van der Waals surface area (Å²) in [5.41, 5.74) is 4.76. The normalized spacial score (nSPS) is 15.6. The molecule has 0 amide bonds. The van der Waals surface area contributed by atoms with Crippen LogP contribution < -0.4 is 5.73 Å². The van der Waals surface area contributed by atoms with Gasteiger partial charge in [-0.15, -0.1) is 0 Å². The SMILES string of the molecule is CCOP(=O)(OCC)C(N)C(F)(F)F. The highest BCUT2D eigenvalue weighted by molar-refractivity contribution is 7.54. The van der Waals surface area contributed by atoms with E-state index in [1.807, 2.05) is 0 Å². The zero-order valence-corrected chi connectivity index (χ0v) is 8.77. The highest BCUT2D eigenvalue weighted by atomic mass is 31.2. The van der Waals surface area contributed by atoms with Gasteiger partial charge in [0.25, 0.3) is 0 Å². The third kappa shape index (κ3) is 3.57. The molecule has 1 atom stereocenters. The van der Waals surface area contributed by atoms with Crippen LogP contribution in [0, 0.1) is 0 Å². The third-order valence-electron chi connectivity index (χ3n) is 1.29. The summed E-state index contributed by atoms with van der Waals surface area (Å²) in [6, 6.07) is 0. The summed E-state index contributed by atoms with van der Waals surface area (Å²) < 4.78 is 56.8. The molecule has 0 heterocycles. The van der Waals surface area contributed by atoms with E-state index in [-0.39, 0.29) is 13.2 Å². The van der Waals surface area contributed by atoms with Crippen LogP contribution in [0.3, 0.4) is 0 Å². The summed E-state index contributed by atoms with van der Waals surface area (Å²) in [6.45, 7) is 2.52. The average molecular weight is 235 g/mol. The zero-order valence-electron chi connectivity index (χ0n) is 7.87. The van der Waals surface area contributed by atoms with Crippen molar-refractivity contribution >= 4 is 7.60 Å². The maximum atomic E-state index is 12.1. The van der Waals surface area contributed by atoms with E-state index < -0.39 is 19.6 Å². The first-order valence-corrected chi connectivity index (χ1v) is 5.60. The molecule has 0 spiro atoms. The second-order valence-corrected chi connectivity index (χ2v) is 4.51. The molecule has 0 fully saturated rings. The molecule has 4 nitrogen and oxygen atoms in total. The first-order valence-electron chi connectivity index (χ1n) is 3.99. The van der Waals surface area contributed by atoms with Crippen molar-refractivity contribution in [2.45, 2.75) is 25.8 Å². The number of rotatable bonds is 5. The van der Waals surface area contributed by atoms with E-state index in [0.717, 1.165) is 0 Å². The van der Waals surface area contributed by atoms with Crippen molar-refractivity contribution in [1.82, 2.24) is 0 Å². The van der Waals surface area contributed by atoms with E-state index in [2.05, 4.69) is 9.05 Å². The van der Waals surface area contributed by atoms with Crippen molar-refractivity contribution in [3.63, 3.8) is 0 Å². The first-order chi connectivity index (χ1) is 6.28. The van der Waals surface area contributed by atoms with Crippen LogP contribution in [0.2, 0.25) is 0 Å². The van der Waals surface area contributed by atoms with Gasteiger partial charge in [0.2, 0.25) is 5.78 Å². The lowest BCUT2D eigenvalue weighted by atomic mass is 10.7. The Bertz CT molecular complexity index is 211. The van der Waals surface area contributed by atoms with Crippen LogP contribution in [0.15, 0.2) is 0 Å². The van der Waals surface area contributed by atoms with Crippen molar-refractivity contribution in [2.24, 2.45) is 5.73 Å². The van der Waals surface area contributed by atoms with E-state index in [9.17, 15) is 17.7 Å². The van der Waals surface area contributed by atoms with E-state index in [4.69, 9.17) is 5.73 Å². The molecule has 0 aliphatic carbocycles. The van der Waals surface area contributed by atoms with Gasteiger partial charge in [-0.2, -0.15) is 13.2 Å². The van der Waals surface area contributed by atoms with Gasteiger partial charge in [-0.05, 0) is 13.8 Å². The average Bonchev–Trinajstić information content (AvgIpc) is 2.02. The van der Waals surface area contributed by atoms with E-state index in [0.29, 0.717) is 0 Å². The van der Waals surface area contributed by atoms with Crippen molar-refractivity contribution in [2.75, 3.05) is 13.2 Å². The molecule has 8 heteroatoms. The van der Waals surface area contributed by atoms with Crippen LogP contribution in [0.25, 0.3) is 0 Å². The molecule has 0 radical (unpaired) electrons. The number of hydrogen-bond donors (Lipinski definition) is 1. The molecular weight excluding hydrogens is 222 g/mol. The summed E-state index contributed by atoms with van der Waals surface area (Å²) in [6.07, 6.45) is -4.79. The third-order valence-corrected chi connectivity index (χ3v) is 3.50. The van der Waals surface area contributed by atoms with Gasteiger partial charge in [0, 0.05) is 0 Å². The highest BCUT2D eigenvalue weighted by Crippen LogP contribution is 2.55. The summed E-state index contributed by atoms with van der Waals surface area (Å²) in [4.78, 5) is 0. The Morgan fingerprint density at radius 3 is 1.86 bits per heavy atom. The first kappa shape index (κ1) is 13.9. The summed E-state index contributed by atoms with van der Waals surface area (Å²) in [7, 11) is -4.28. The summed E-state index contributed by atoms with van der Waals surface area (Å²) >= 11 is 0. The highest BCUT2D eigenvalue weighted by Gasteiger charge is 2.51. The molecule has 0 aromatic rings. The Morgan fingerprint density at radius 2 is 1.64 bits per heavy atom. The van der Waals surface area contributed by atoms with Gasteiger partial charge in [0.05, 0.1) is 13.2 Å². The molecule has 0 aromatic carbocycles. The Balaban J connectivity index is 4.73. The largest absolute Gasteiger partial charge is 0.415 e. The molecule has 1 unspecified atom stereocenters. The van der Waals surface area contributed by atoms with Crippen molar-refractivity contribution < 1.29 is 26.8 Å². The molecule has 0 saturated carbocycles. The predicted molar refractivity (Wildman–Crippen MR) is 44.9 cm³/mol. The topological polar surface area (TPSA) is 61.5 Å². The second kappa shape index (κ2) is 5.11. The number of nitrogens with two attached hydrogens (primary N) is 1. The van der Waals surface area contributed by atoms with Crippen molar-refractivity contribution in [3.05, 3.63) is 0 Å². The Hall–Kier alpha value is -0.100. The van der Waals surface area contributed by atoms with E-state index in [1.165, 1.54) is 13.8 Å². The smallest absolute Gasteiger partial charge is 0.310 e. The molecule has 0 aliphatic heterocycles. The standard InChI is InChI=1S/C6H13F3NO3P/c1-3-12-14(11,13-4-2)5(10)6(7,8)9/h5H,3-4,10H2,1-2H3. The van der Waals surface area contributed by atoms with Crippen LogP contribution in [-0.2, 0) is 13.6 Å². The van der Waals surface area contributed by atoms with Gasteiger partial charge in [-0.25, -0.2) is 0 Å². The summed E-state index contributed by atoms with van der Waals surface area (Å²) in [5, 5.41) is 0. The van der Waals surface area contributed by atoms with Crippen LogP contribution in [-0.4, -0.2) is 25.2 Å². The van der Waals surface area contributed by atoms with Gasteiger partial charge < -0.3 is 14.8 Å². The molecule has 2 N–H and O–H groups in total. The lowest BCUT2D eigenvalue weighted by Gasteiger charge is -2.24. The Labute approximate surface area is 80.1 Å². The molecule has 86 valence electrons. The van der Waals surface area contributed by atoms with Gasteiger partial charge in [0.15, 0.2) is 0 Å². The maximum Gasteiger partial charge on any atom is 0.415 e. The molecular formula is C6H13F3NO3P. The van der Waals surface area contributed by atoms with Crippen LogP contribution in [0.4, 0.5) is 13.2 Å². The van der Waals surface area contributed by atoms with Crippen LogP contribution in [0.1, 0.15) is 13.8 Å². The van der Waals surface area contributed by atoms with Crippen molar-refractivity contribution in [1.29, 1.82) is 0 Å². The van der Waals surface area contributed by atoms with Crippen LogP contribution in [0.5, 0.6) is 0 Å². The number of hydrogen-bond acceptors (Lipinski definition) is 4. The van der Waals surface area contributed by atoms with Crippen LogP contribution >= 0.6 is 7.60 Å².